The summed E-state index contributed by atoms with van der Waals surface area (Å²) in [4.78, 5) is 60.0. The van der Waals surface area contributed by atoms with Gasteiger partial charge in [-0.25, -0.2) is 22.8 Å². The first-order valence-electron chi connectivity index (χ1n) is 16.1. The third-order valence-corrected chi connectivity index (χ3v) is 10.8. The molecule has 1 saturated heterocycles. The van der Waals surface area contributed by atoms with E-state index in [0.29, 0.717) is 54.3 Å². The second-order valence-corrected chi connectivity index (χ2v) is 14.5. The summed E-state index contributed by atoms with van der Waals surface area (Å²) in [5.41, 5.74) is 0.657. The predicted molar refractivity (Wildman–Crippen MR) is 177 cm³/mol. The monoisotopic (exact) mass is 701 g/mol. The van der Waals surface area contributed by atoms with E-state index >= 15 is 0 Å². The average molecular weight is 702 g/mol. The number of halogens is 1. The van der Waals surface area contributed by atoms with E-state index < -0.39 is 33.6 Å². The zero-order chi connectivity index (χ0) is 34.6. The summed E-state index contributed by atoms with van der Waals surface area (Å²) in [6, 6.07) is 9.16. The fourth-order valence-electron chi connectivity index (χ4n) is 6.18. The van der Waals surface area contributed by atoms with Crippen LogP contribution in [0.3, 0.4) is 0 Å². The van der Waals surface area contributed by atoms with Gasteiger partial charge in [0.25, 0.3) is 5.91 Å². The number of esters is 1. The second kappa shape index (κ2) is 15.0. The van der Waals surface area contributed by atoms with Crippen molar-refractivity contribution >= 4 is 56.0 Å². The van der Waals surface area contributed by atoms with Crippen molar-refractivity contribution in [2.45, 2.75) is 76.1 Å². The highest BCUT2D eigenvalue weighted by atomic mass is 35.5. The molecule has 48 heavy (non-hydrogen) atoms. The molecule has 0 spiro atoms. The van der Waals surface area contributed by atoms with Crippen molar-refractivity contribution in [1.29, 1.82) is 0 Å². The number of benzene rings is 2. The number of nitrogens with zero attached hydrogens (tertiary/aromatic N) is 5. The number of likely N-dealkylation sites (tertiary alicyclic amines) is 1. The number of fused-ring (bicyclic) bond motifs is 2. The van der Waals surface area contributed by atoms with Gasteiger partial charge in [0.1, 0.15) is 12.7 Å². The van der Waals surface area contributed by atoms with Crippen LogP contribution >= 0.6 is 11.6 Å². The number of hydrogen-bond acceptors (Lipinski definition) is 9. The topological polar surface area (TPSA) is 159 Å². The molecule has 0 saturated carbocycles. The minimum Gasteiger partial charge on any atom is -0.457 e. The third-order valence-electron chi connectivity index (χ3n) is 8.84. The maximum atomic E-state index is 13.4. The number of ether oxygens (including phenoxy) is 1. The van der Waals surface area contributed by atoms with E-state index in [1.807, 2.05) is 13.8 Å². The first-order chi connectivity index (χ1) is 22.9. The molecule has 0 unspecified atom stereocenters. The van der Waals surface area contributed by atoms with Crippen molar-refractivity contribution in [2.75, 3.05) is 31.9 Å². The Morgan fingerprint density at radius 3 is 2.50 bits per heavy atom. The summed E-state index contributed by atoms with van der Waals surface area (Å²) in [5, 5.41) is 12.6. The van der Waals surface area contributed by atoms with Crippen LogP contribution in [0, 0.1) is 0 Å². The molecule has 3 aromatic rings. The van der Waals surface area contributed by atoms with Gasteiger partial charge < -0.3 is 24.5 Å². The number of carbonyl (C=O) groups excluding carboxylic acids is 4. The lowest BCUT2D eigenvalue weighted by Gasteiger charge is -2.37. The van der Waals surface area contributed by atoms with E-state index in [-0.39, 0.29) is 55.5 Å². The molecule has 0 aliphatic carbocycles. The SMILES string of the molecule is CCCC(=O)N(CC)CCC(=O)OCc1ncc2n1C(=O)N(C1CCN(C(=O)[C@H](O)CS(=O)(=O)c3ccc4cc(Cl)ccc4c3)CC1)C2. The molecule has 2 aromatic carbocycles. The van der Waals surface area contributed by atoms with Gasteiger partial charge in [-0.05, 0) is 61.2 Å². The fraction of sp³-hybridized carbons (Fsp3) is 0.485. The standard InChI is InChI=1S/C33H40ClN5O8S/c1-3-5-30(41)36(4-2)15-12-31(42)47-20-29-35-18-26-19-38(33(44)39(26)29)25-10-13-37(14-11-25)32(43)28(40)21-48(45,46)27-9-7-22-16-24(34)8-6-23(22)17-27/h6-9,16-18,25,28,40H,3-5,10-15,19-21H2,1-2H3/t28-/m1/s1. The van der Waals surface area contributed by atoms with E-state index in [0.717, 1.165) is 11.8 Å². The van der Waals surface area contributed by atoms with Gasteiger partial charge in [0.15, 0.2) is 15.7 Å². The molecule has 258 valence electrons. The number of carbonyl (C=O) groups is 4. The van der Waals surface area contributed by atoms with E-state index in [1.54, 1.807) is 40.3 Å². The van der Waals surface area contributed by atoms with E-state index in [4.69, 9.17) is 16.3 Å². The molecule has 3 amide bonds. The molecule has 1 atom stereocenters. The fourth-order valence-corrected chi connectivity index (χ4v) is 7.69. The molecule has 2 aliphatic rings. The Balaban J connectivity index is 1.11. The Kier molecular flexibility index (Phi) is 11.1. The Morgan fingerprint density at radius 2 is 1.79 bits per heavy atom. The predicted octanol–water partition coefficient (Wildman–Crippen LogP) is 3.38. The van der Waals surface area contributed by atoms with E-state index in [2.05, 4.69) is 4.98 Å². The summed E-state index contributed by atoms with van der Waals surface area (Å²) < 4.78 is 32.9. The van der Waals surface area contributed by atoms with Crippen LogP contribution < -0.4 is 0 Å². The first-order valence-corrected chi connectivity index (χ1v) is 18.1. The van der Waals surface area contributed by atoms with Gasteiger partial charge in [0, 0.05) is 43.7 Å². The summed E-state index contributed by atoms with van der Waals surface area (Å²) in [5.74, 6) is -1.63. The van der Waals surface area contributed by atoms with Crippen LogP contribution in [0.1, 0.15) is 57.5 Å². The van der Waals surface area contributed by atoms with Crippen LogP contribution in [0.25, 0.3) is 10.8 Å². The van der Waals surface area contributed by atoms with Crippen LogP contribution in [-0.4, -0.2) is 106 Å². The molecule has 0 bridgehead atoms. The van der Waals surface area contributed by atoms with E-state index in [9.17, 15) is 32.7 Å². The number of amides is 3. The van der Waals surface area contributed by atoms with Crippen molar-refractivity contribution in [3.8, 4) is 0 Å². The number of sulfone groups is 1. The molecule has 0 radical (unpaired) electrons. The largest absolute Gasteiger partial charge is 0.457 e. The van der Waals surface area contributed by atoms with Gasteiger partial charge in [0.05, 0.1) is 35.5 Å². The molecule has 3 heterocycles. The van der Waals surface area contributed by atoms with Gasteiger partial charge in [-0.1, -0.05) is 30.7 Å². The highest BCUT2D eigenvalue weighted by Crippen LogP contribution is 2.28. The number of aromatic nitrogens is 2. The van der Waals surface area contributed by atoms with Crippen molar-refractivity contribution < 1.29 is 37.4 Å². The van der Waals surface area contributed by atoms with Crippen molar-refractivity contribution in [2.24, 2.45) is 0 Å². The molecule has 1 fully saturated rings. The Morgan fingerprint density at radius 1 is 1.08 bits per heavy atom. The normalized spacial score (nSPS) is 15.9. The zero-order valence-corrected chi connectivity index (χ0v) is 28.6. The Hall–Kier alpha value is -4.01. The van der Waals surface area contributed by atoms with Gasteiger partial charge in [-0.15, -0.1) is 0 Å². The third kappa shape index (κ3) is 7.82. The number of aliphatic hydroxyl groups excluding tert-OH is 1. The Bertz CT molecular complexity index is 1800. The lowest BCUT2D eigenvalue weighted by Crippen LogP contribution is -2.50. The molecule has 1 aromatic heterocycles. The summed E-state index contributed by atoms with van der Waals surface area (Å²) >= 11 is 6.02. The van der Waals surface area contributed by atoms with Crippen molar-refractivity contribution in [3.05, 3.63) is 59.1 Å². The van der Waals surface area contributed by atoms with Gasteiger partial charge in [-0.3, -0.25) is 14.4 Å². The second-order valence-electron chi connectivity index (χ2n) is 12.1. The van der Waals surface area contributed by atoms with Crippen LogP contribution in [-0.2, 0) is 42.1 Å². The Labute approximate surface area is 284 Å². The van der Waals surface area contributed by atoms with Gasteiger partial charge >= 0.3 is 12.0 Å². The zero-order valence-electron chi connectivity index (χ0n) is 27.0. The number of hydrogen-bond donors (Lipinski definition) is 1. The molecule has 15 heteroatoms. The van der Waals surface area contributed by atoms with E-state index in [1.165, 1.54) is 21.6 Å². The van der Waals surface area contributed by atoms with Crippen LogP contribution in [0.2, 0.25) is 5.02 Å². The number of rotatable bonds is 13. The average Bonchev–Trinajstić information content (AvgIpc) is 3.62. The van der Waals surface area contributed by atoms with Crippen LogP contribution in [0.5, 0.6) is 0 Å². The molecule has 13 nitrogen and oxygen atoms in total. The van der Waals surface area contributed by atoms with Gasteiger partial charge in [-0.2, -0.15) is 0 Å². The van der Waals surface area contributed by atoms with Crippen molar-refractivity contribution in [1.82, 2.24) is 24.3 Å². The summed E-state index contributed by atoms with van der Waals surface area (Å²) in [7, 11) is -3.97. The molecule has 1 N–H and O–H groups in total. The molecular weight excluding hydrogens is 662 g/mol. The highest BCUT2D eigenvalue weighted by Gasteiger charge is 2.38. The van der Waals surface area contributed by atoms with Crippen LogP contribution in [0.15, 0.2) is 47.5 Å². The first kappa shape index (κ1) is 35.3. The van der Waals surface area contributed by atoms with Crippen molar-refractivity contribution in [3.63, 3.8) is 0 Å². The lowest BCUT2D eigenvalue weighted by atomic mass is 10.0. The number of piperidine rings is 1. The maximum absolute atomic E-state index is 13.4. The van der Waals surface area contributed by atoms with Gasteiger partial charge in [0.2, 0.25) is 5.91 Å². The quantitative estimate of drug-likeness (QED) is 0.264. The number of aliphatic hydroxyl groups is 1. The smallest absolute Gasteiger partial charge is 0.330 e. The summed E-state index contributed by atoms with van der Waals surface area (Å²) in [6.07, 6.45) is 1.91. The van der Waals surface area contributed by atoms with Crippen LogP contribution in [0.4, 0.5) is 4.79 Å². The lowest BCUT2D eigenvalue weighted by molar-refractivity contribution is -0.146. The minimum atomic E-state index is -3.97. The highest BCUT2D eigenvalue weighted by molar-refractivity contribution is 7.91. The molecule has 5 rings (SSSR count). The minimum absolute atomic E-state index is 0.00462. The maximum Gasteiger partial charge on any atom is 0.330 e. The molecule has 2 aliphatic heterocycles. The summed E-state index contributed by atoms with van der Waals surface area (Å²) in [6.45, 7) is 5.15. The molecular formula is C33H40ClN5O8S. The number of imidazole rings is 1.